The van der Waals surface area contributed by atoms with Crippen molar-refractivity contribution in [3.05, 3.63) is 41.0 Å². The fraction of sp³-hybridized carbons (Fsp3) is 0.333. The number of nitrogens with two attached hydrogens (primary N) is 1. The Morgan fingerprint density at radius 3 is 2.55 bits per heavy atom. The summed E-state index contributed by atoms with van der Waals surface area (Å²) in [7, 11) is 0. The molecule has 0 saturated heterocycles. The summed E-state index contributed by atoms with van der Waals surface area (Å²) in [6.07, 6.45) is 0. The Morgan fingerprint density at radius 2 is 2.00 bits per heavy atom. The standard InChI is InChI=1S/C15H19N5/c1-10(2)18-15-13(8-16)14(17)20(19-15)9-12-6-4-11(3)5-7-12/h4-7,10H,9,17H2,1-3H3,(H,18,19). The molecule has 0 unspecified atom stereocenters. The molecular weight excluding hydrogens is 250 g/mol. The van der Waals surface area contributed by atoms with Gasteiger partial charge in [0.1, 0.15) is 17.5 Å². The summed E-state index contributed by atoms with van der Waals surface area (Å²) in [5.74, 6) is 0.948. The Hall–Kier alpha value is -2.48. The summed E-state index contributed by atoms with van der Waals surface area (Å²) in [6, 6.07) is 10.5. The van der Waals surface area contributed by atoms with E-state index in [1.807, 2.05) is 45.0 Å². The highest BCUT2D eigenvalue weighted by Gasteiger charge is 2.16. The minimum atomic E-state index is 0.198. The van der Waals surface area contributed by atoms with Gasteiger partial charge in [-0.15, -0.1) is 0 Å². The highest BCUT2D eigenvalue weighted by Crippen LogP contribution is 2.22. The quantitative estimate of drug-likeness (QED) is 0.893. The van der Waals surface area contributed by atoms with E-state index < -0.39 is 0 Å². The van der Waals surface area contributed by atoms with E-state index in [0.29, 0.717) is 23.7 Å². The third-order valence-corrected chi connectivity index (χ3v) is 2.98. The first-order valence-corrected chi connectivity index (χ1v) is 6.59. The second-order valence-electron chi connectivity index (χ2n) is 5.16. The van der Waals surface area contributed by atoms with E-state index in [-0.39, 0.29) is 6.04 Å². The molecule has 0 aliphatic heterocycles. The second kappa shape index (κ2) is 5.66. The van der Waals surface area contributed by atoms with E-state index in [9.17, 15) is 5.26 Å². The number of nitrogen functional groups attached to an aromatic ring is 1. The van der Waals surface area contributed by atoms with Crippen LogP contribution < -0.4 is 11.1 Å². The smallest absolute Gasteiger partial charge is 0.168 e. The van der Waals surface area contributed by atoms with Gasteiger partial charge in [-0.05, 0) is 26.3 Å². The van der Waals surface area contributed by atoms with Crippen molar-refractivity contribution in [3.8, 4) is 6.07 Å². The molecule has 5 nitrogen and oxygen atoms in total. The highest BCUT2D eigenvalue weighted by atomic mass is 15.3. The van der Waals surface area contributed by atoms with Crippen LogP contribution in [0.4, 0.5) is 11.6 Å². The molecule has 5 heteroatoms. The van der Waals surface area contributed by atoms with Gasteiger partial charge in [0.25, 0.3) is 0 Å². The van der Waals surface area contributed by atoms with Crippen molar-refractivity contribution < 1.29 is 0 Å². The molecule has 2 rings (SSSR count). The molecule has 0 aliphatic carbocycles. The van der Waals surface area contributed by atoms with Gasteiger partial charge in [-0.25, -0.2) is 4.68 Å². The van der Waals surface area contributed by atoms with Crippen molar-refractivity contribution in [1.82, 2.24) is 9.78 Å². The van der Waals surface area contributed by atoms with E-state index in [2.05, 4.69) is 16.5 Å². The minimum Gasteiger partial charge on any atom is -0.383 e. The van der Waals surface area contributed by atoms with Gasteiger partial charge in [-0.1, -0.05) is 29.8 Å². The normalized spacial score (nSPS) is 10.6. The number of aryl methyl sites for hydroxylation is 1. The maximum absolute atomic E-state index is 9.20. The fourth-order valence-electron chi connectivity index (χ4n) is 1.95. The number of nitrogens with zero attached hydrogens (tertiary/aromatic N) is 3. The van der Waals surface area contributed by atoms with E-state index >= 15 is 0 Å². The maximum atomic E-state index is 9.20. The predicted molar refractivity (Wildman–Crippen MR) is 80.4 cm³/mol. The number of benzene rings is 1. The van der Waals surface area contributed by atoms with Gasteiger partial charge in [0.15, 0.2) is 5.82 Å². The lowest BCUT2D eigenvalue weighted by atomic mass is 10.1. The first-order chi connectivity index (χ1) is 9.51. The van der Waals surface area contributed by atoms with Gasteiger partial charge in [-0.2, -0.15) is 10.4 Å². The summed E-state index contributed by atoms with van der Waals surface area (Å²) >= 11 is 0. The number of nitrogens with one attached hydrogen (secondary N) is 1. The maximum Gasteiger partial charge on any atom is 0.168 e. The molecule has 1 heterocycles. The van der Waals surface area contributed by atoms with Crippen LogP contribution in [0.5, 0.6) is 0 Å². The lowest BCUT2D eigenvalue weighted by Crippen LogP contribution is -2.11. The van der Waals surface area contributed by atoms with E-state index in [1.54, 1.807) is 4.68 Å². The van der Waals surface area contributed by atoms with Crippen LogP contribution in [0.1, 0.15) is 30.5 Å². The Balaban J connectivity index is 2.30. The van der Waals surface area contributed by atoms with Gasteiger partial charge < -0.3 is 11.1 Å². The van der Waals surface area contributed by atoms with Gasteiger partial charge in [-0.3, -0.25) is 0 Å². The van der Waals surface area contributed by atoms with E-state index in [1.165, 1.54) is 5.56 Å². The fourth-order valence-corrected chi connectivity index (χ4v) is 1.95. The summed E-state index contributed by atoms with van der Waals surface area (Å²) in [6.45, 7) is 6.59. The zero-order chi connectivity index (χ0) is 14.7. The Bertz CT molecular complexity index is 632. The molecule has 0 atom stereocenters. The molecule has 0 fully saturated rings. The van der Waals surface area contributed by atoms with E-state index in [4.69, 9.17) is 5.73 Å². The highest BCUT2D eigenvalue weighted by molar-refractivity contribution is 5.64. The minimum absolute atomic E-state index is 0.198. The number of anilines is 2. The molecule has 0 spiro atoms. The molecule has 3 N–H and O–H groups in total. The van der Waals surface area contributed by atoms with Crippen molar-refractivity contribution in [2.75, 3.05) is 11.1 Å². The molecule has 1 aromatic carbocycles. The first-order valence-electron chi connectivity index (χ1n) is 6.59. The molecule has 1 aromatic heterocycles. The van der Waals surface area contributed by atoms with E-state index in [0.717, 1.165) is 5.56 Å². The number of rotatable bonds is 4. The number of hydrogen-bond acceptors (Lipinski definition) is 4. The van der Waals surface area contributed by atoms with Crippen LogP contribution in [0.3, 0.4) is 0 Å². The molecule has 0 amide bonds. The van der Waals surface area contributed by atoms with Crippen molar-refractivity contribution >= 4 is 11.6 Å². The molecule has 20 heavy (non-hydrogen) atoms. The first kappa shape index (κ1) is 13.9. The van der Waals surface area contributed by atoms with Crippen molar-refractivity contribution in [1.29, 1.82) is 5.26 Å². The summed E-state index contributed by atoms with van der Waals surface area (Å²) in [4.78, 5) is 0. The van der Waals surface area contributed by atoms with Crippen LogP contribution in [0, 0.1) is 18.3 Å². The predicted octanol–water partition coefficient (Wildman–Crippen LogP) is 2.51. The zero-order valence-corrected chi connectivity index (χ0v) is 12.0. The van der Waals surface area contributed by atoms with Gasteiger partial charge in [0.05, 0.1) is 6.54 Å². The molecule has 104 valence electrons. The lowest BCUT2D eigenvalue weighted by molar-refractivity contribution is 0.695. The molecule has 2 aromatic rings. The molecule has 0 saturated carbocycles. The Labute approximate surface area is 119 Å². The van der Waals surface area contributed by atoms with Crippen LogP contribution in [0.15, 0.2) is 24.3 Å². The third kappa shape index (κ3) is 2.91. The summed E-state index contributed by atoms with van der Waals surface area (Å²) in [5.41, 5.74) is 8.73. The largest absolute Gasteiger partial charge is 0.383 e. The van der Waals surface area contributed by atoms with Gasteiger partial charge >= 0.3 is 0 Å². The second-order valence-corrected chi connectivity index (χ2v) is 5.16. The number of nitriles is 1. The molecule has 0 radical (unpaired) electrons. The van der Waals surface area contributed by atoms with Gasteiger partial charge in [0, 0.05) is 6.04 Å². The van der Waals surface area contributed by atoms with Crippen molar-refractivity contribution in [2.24, 2.45) is 0 Å². The van der Waals surface area contributed by atoms with Crippen molar-refractivity contribution in [3.63, 3.8) is 0 Å². The average Bonchev–Trinajstić information content (AvgIpc) is 2.67. The Kier molecular flexibility index (Phi) is 3.94. The van der Waals surface area contributed by atoms with Gasteiger partial charge in [0.2, 0.25) is 0 Å². The van der Waals surface area contributed by atoms with Crippen molar-refractivity contribution in [2.45, 2.75) is 33.4 Å². The Morgan fingerprint density at radius 1 is 1.35 bits per heavy atom. The van der Waals surface area contributed by atoms with Crippen LogP contribution in [0.2, 0.25) is 0 Å². The summed E-state index contributed by atoms with van der Waals surface area (Å²) < 4.78 is 1.66. The molecule has 0 bridgehead atoms. The molecule has 0 aliphatic rings. The monoisotopic (exact) mass is 269 g/mol. The van der Waals surface area contributed by atoms with Crippen LogP contribution in [-0.2, 0) is 6.54 Å². The number of aromatic nitrogens is 2. The average molecular weight is 269 g/mol. The third-order valence-electron chi connectivity index (χ3n) is 2.98. The van der Waals surface area contributed by atoms with Crippen LogP contribution in [0.25, 0.3) is 0 Å². The van der Waals surface area contributed by atoms with Crippen LogP contribution in [-0.4, -0.2) is 15.8 Å². The SMILES string of the molecule is Cc1ccc(Cn2nc(NC(C)C)c(C#N)c2N)cc1. The number of hydrogen-bond donors (Lipinski definition) is 2. The summed E-state index contributed by atoms with van der Waals surface area (Å²) in [5, 5.41) is 16.7. The topological polar surface area (TPSA) is 79.7 Å². The van der Waals surface area contributed by atoms with Crippen LogP contribution >= 0.6 is 0 Å². The molecular formula is C15H19N5. The zero-order valence-electron chi connectivity index (χ0n) is 12.0. The lowest BCUT2D eigenvalue weighted by Gasteiger charge is -2.06.